The minimum atomic E-state index is -4.98. The Labute approximate surface area is 125 Å². The second-order valence-corrected chi connectivity index (χ2v) is 4.59. The van der Waals surface area contributed by atoms with Crippen molar-refractivity contribution in [2.24, 2.45) is 7.05 Å². The van der Waals surface area contributed by atoms with Gasteiger partial charge in [0.1, 0.15) is 5.69 Å². The molecule has 124 valence electrons. The predicted molar refractivity (Wildman–Crippen MR) is 67.6 cm³/mol. The van der Waals surface area contributed by atoms with Gasteiger partial charge in [0.25, 0.3) is 5.91 Å². The van der Waals surface area contributed by atoms with Gasteiger partial charge in [-0.25, -0.2) is 0 Å². The summed E-state index contributed by atoms with van der Waals surface area (Å²) >= 11 is 0. The number of amides is 1. The first-order chi connectivity index (χ1) is 10.5. The average Bonchev–Trinajstić information content (AvgIpc) is 2.82. The molecule has 10 heteroatoms. The van der Waals surface area contributed by atoms with E-state index in [1.54, 1.807) is 0 Å². The number of carbonyl (C=O) groups excluding carboxylic acids is 1. The lowest BCUT2D eigenvalue weighted by Gasteiger charge is -2.14. The summed E-state index contributed by atoms with van der Waals surface area (Å²) in [5, 5.41) is 5.70. The van der Waals surface area contributed by atoms with E-state index in [9.17, 15) is 31.1 Å². The molecule has 0 radical (unpaired) electrons. The number of benzene rings is 1. The van der Waals surface area contributed by atoms with E-state index >= 15 is 0 Å². The molecule has 23 heavy (non-hydrogen) atoms. The highest BCUT2D eigenvalue weighted by Crippen LogP contribution is 2.37. The van der Waals surface area contributed by atoms with Crippen LogP contribution in [0.15, 0.2) is 30.5 Å². The van der Waals surface area contributed by atoms with Gasteiger partial charge in [-0.2, -0.15) is 31.4 Å². The smallest absolute Gasteiger partial charge is 0.321 e. The second-order valence-electron chi connectivity index (χ2n) is 4.59. The standard InChI is InChI=1S/C13H9F6N3O/c1-22-10(2-3-20-22)11(23)21-9-5-7(12(14,15)16)4-8(6-9)13(17,18)19/h2-6H,1H3,(H,21,23). The molecule has 1 heterocycles. The van der Waals surface area contributed by atoms with Crippen LogP contribution in [0.25, 0.3) is 0 Å². The highest BCUT2D eigenvalue weighted by molar-refractivity contribution is 6.03. The van der Waals surface area contributed by atoms with Gasteiger partial charge in [0.05, 0.1) is 11.1 Å². The predicted octanol–water partition coefficient (Wildman–Crippen LogP) is 3.71. The van der Waals surface area contributed by atoms with E-state index in [-0.39, 0.29) is 11.8 Å². The molecule has 0 unspecified atom stereocenters. The summed E-state index contributed by atoms with van der Waals surface area (Å²) in [6, 6.07) is 2.13. The number of hydrogen-bond donors (Lipinski definition) is 1. The average molecular weight is 337 g/mol. The molecule has 4 nitrogen and oxygen atoms in total. The van der Waals surface area contributed by atoms with Crippen molar-refractivity contribution >= 4 is 11.6 Å². The minimum Gasteiger partial charge on any atom is -0.321 e. The molecule has 1 amide bonds. The molecule has 0 aliphatic carbocycles. The second kappa shape index (κ2) is 5.60. The number of anilines is 1. The summed E-state index contributed by atoms with van der Waals surface area (Å²) in [7, 11) is 1.40. The minimum absolute atomic E-state index is 0.0142. The maximum absolute atomic E-state index is 12.7. The summed E-state index contributed by atoms with van der Waals surface area (Å²) in [4.78, 5) is 11.9. The van der Waals surface area contributed by atoms with E-state index in [1.165, 1.54) is 19.3 Å². The van der Waals surface area contributed by atoms with Crippen LogP contribution in [0.2, 0.25) is 0 Å². The van der Waals surface area contributed by atoms with Gasteiger partial charge in [-0.15, -0.1) is 0 Å². The van der Waals surface area contributed by atoms with Crippen LogP contribution in [-0.2, 0) is 19.4 Å². The zero-order chi connectivity index (χ0) is 17.4. The number of rotatable bonds is 2. The first-order valence-corrected chi connectivity index (χ1v) is 6.07. The van der Waals surface area contributed by atoms with Crippen LogP contribution in [0.1, 0.15) is 21.6 Å². The molecular weight excluding hydrogens is 328 g/mol. The molecule has 1 aromatic carbocycles. The van der Waals surface area contributed by atoms with Gasteiger partial charge in [0.15, 0.2) is 0 Å². The van der Waals surface area contributed by atoms with Crippen molar-refractivity contribution in [3.63, 3.8) is 0 Å². The zero-order valence-electron chi connectivity index (χ0n) is 11.5. The zero-order valence-corrected chi connectivity index (χ0v) is 11.5. The molecule has 1 aromatic heterocycles. The number of halogens is 6. The Morgan fingerprint density at radius 1 is 1.04 bits per heavy atom. The normalized spacial score (nSPS) is 12.3. The number of aromatic nitrogens is 2. The maximum Gasteiger partial charge on any atom is 0.416 e. The summed E-state index contributed by atoms with van der Waals surface area (Å²) in [5.41, 5.74) is -3.64. The van der Waals surface area contributed by atoms with Crippen molar-refractivity contribution in [1.82, 2.24) is 9.78 Å². The highest BCUT2D eigenvalue weighted by Gasteiger charge is 2.37. The van der Waals surface area contributed by atoms with Crippen molar-refractivity contribution in [1.29, 1.82) is 0 Å². The topological polar surface area (TPSA) is 46.9 Å². The molecule has 1 N–H and O–H groups in total. The quantitative estimate of drug-likeness (QED) is 0.849. The van der Waals surface area contributed by atoms with Crippen molar-refractivity contribution in [3.8, 4) is 0 Å². The summed E-state index contributed by atoms with van der Waals surface area (Å²) < 4.78 is 77.4. The Kier molecular flexibility index (Phi) is 4.10. The van der Waals surface area contributed by atoms with Crippen LogP contribution < -0.4 is 5.32 Å². The maximum atomic E-state index is 12.7. The Morgan fingerprint density at radius 3 is 1.96 bits per heavy atom. The highest BCUT2D eigenvalue weighted by atomic mass is 19.4. The van der Waals surface area contributed by atoms with Crippen molar-refractivity contribution in [2.45, 2.75) is 12.4 Å². The molecule has 2 rings (SSSR count). The third-order valence-electron chi connectivity index (χ3n) is 2.90. The Hall–Kier alpha value is -2.52. The Balaban J connectivity index is 2.42. The van der Waals surface area contributed by atoms with Crippen LogP contribution in [-0.4, -0.2) is 15.7 Å². The lowest BCUT2D eigenvalue weighted by atomic mass is 10.1. The first-order valence-electron chi connectivity index (χ1n) is 6.07. The van der Waals surface area contributed by atoms with E-state index in [4.69, 9.17) is 0 Å². The summed E-state index contributed by atoms with van der Waals surface area (Å²) in [6.45, 7) is 0. The largest absolute Gasteiger partial charge is 0.416 e. The van der Waals surface area contributed by atoms with E-state index in [0.29, 0.717) is 12.1 Å². The van der Waals surface area contributed by atoms with Crippen LogP contribution in [0.3, 0.4) is 0 Å². The molecule has 0 fully saturated rings. The third kappa shape index (κ3) is 3.82. The molecule has 0 bridgehead atoms. The fourth-order valence-corrected chi connectivity index (χ4v) is 1.82. The van der Waals surface area contributed by atoms with Crippen LogP contribution in [0, 0.1) is 0 Å². The van der Waals surface area contributed by atoms with Gasteiger partial charge in [0, 0.05) is 18.9 Å². The molecule has 0 saturated carbocycles. The molecule has 0 spiro atoms. The molecule has 0 saturated heterocycles. The summed E-state index contributed by atoms with van der Waals surface area (Å²) in [6.07, 6.45) is -8.69. The van der Waals surface area contributed by atoms with Crippen molar-refractivity contribution in [3.05, 3.63) is 47.3 Å². The molecule has 0 aliphatic heterocycles. The van der Waals surface area contributed by atoms with Gasteiger partial charge in [-0.3, -0.25) is 9.48 Å². The van der Waals surface area contributed by atoms with E-state index in [2.05, 4.69) is 5.10 Å². The number of nitrogens with zero attached hydrogens (tertiary/aromatic N) is 2. The number of nitrogens with one attached hydrogen (secondary N) is 1. The molecule has 0 atom stereocenters. The van der Waals surface area contributed by atoms with Gasteiger partial charge >= 0.3 is 12.4 Å². The lowest BCUT2D eigenvalue weighted by molar-refractivity contribution is -0.143. The number of hydrogen-bond acceptors (Lipinski definition) is 2. The van der Waals surface area contributed by atoms with Gasteiger partial charge < -0.3 is 5.32 Å². The number of carbonyl (C=O) groups is 1. The molecular formula is C13H9F6N3O. The van der Waals surface area contributed by atoms with E-state index in [0.717, 1.165) is 4.68 Å². The van der Waals surface area contributed by atoms with E-state index in [1.807, 2.05) is 5.32 Å². The number of alkyl halides is 6. The number of aryl methyl sites for hydroxylation is 1. The van der Waals surface area contributed by atoms with Crippen molar-refractivity contribution < 1.29 is 31.1 Å². The Morgan fingerprint density at radius 2 is 1.57 bits per heavy atom. The monoisotopic (exact) mass is 337 g/mol. The van der Waals surface area contributed by atoms with Crippen LogP contribution >= 0.6 is 0 Å². The first kappa shape index (κ1) is 16.8. The lowest BCUT2D eigenvalue weighted by Crippen LogP contribution is -2.18. The Bertz CT molecular complexity index is 700. The molecule has 2 aromatic rings. The third-order valence-corrected chi connectivity index (χ3v) is 2.90. The van der Waals surface area contributed by atoms with Crippen molar-refractivity contribution in [2.75, 3.05) is 5.32 Å². The van der Waals surface area contributed by atoms with E-state index < -0.39 is 35.1 Å². The fraction of sp³-hybridized carbons (Fsp3) is 0.231. The SMILES string of the molecule is Cn1nccc1C(=O)Nc1cc(C(F)(F)F)cc(C(F)(F)F)c1. The van der Waals surface area contributed by atoms with Gasteiger partial charge in [0.2, 0.25) is 0 Å². The van der Waals surface area contributed by atoms with Crippen LogP contribution in [0.5, 0.6) is 0 Å². The molecule has 0 aliphatic rings. The fourth-order valence-electron chi connectivity index (χ4n) is 1.82. The van der Waals surface area contributed by atoms with Crippen LogP contribution in [0.4, 0.5) is 32.0 Å². The summed E-state index contributed by atoms with van der Waals surface area (Å²) in [5.74, 6) is -0.877. The van der Waals surface area contributed by atoms with Gasteiger partial charge in [-0.1, -0.05) is 0 Å². The van der Waals surface area contributed by atoms with Gasteiger partial charge in [-0.05, 0) is 24.3 Å².